The summed E-state index contributed by atoms with van der Waals surface area (Å²) in [5, 5.41) is 3.23. The van der Waals surface area contributed by atoms with Gasteiger partial charge in [0, 0.05) is 32.1 Å². The molecule has 0 saturated carbocycles. The first kappa shape index (κ1) is 12.9. The van der Waals surface area contributed by atoms with Crippen LogP contribution in [-0.4, -0.2) is 36.8 Å². The fraction of sp³-hybridized carbons (Fsp3) is 0.333. The molecular formula is C15H18N4O. The molecule has 1 aliphatic rings. The Balaban J connectivity index is 1.79. The van der Waals surface area contributed by atoms with Gasteiger partial charge < -0.3 is 15.0 Å². The third-order valence-electron chi connectivity index (χ3n) is 3.38. The molecule has 20 heavy (non-hydrogen) atoms. The SMILES string of the molecule is COCCNc1ccnc(N2CCc3ccccc32)n1. The molecule has 3 rings (SSSR count). The van der Waals surface area contributed by atoms with E-state index in [-0.39, 0.29) is 0 Å². The number of hydrogen-bond donors (Lipinski definition) is 1. The maximum absolute atomic E-state index is 5.02. The number of para-hydroxylation sites is 1. The van der Waals surface area contributed by atoms with Gasteiger partial charge in [0.1, 0.15) is 5.82 Å². The summed E-state index contributed by atoms with van der Waals surface area (Å²) in [5.74, 6) is 1.58. The first-order chi connectivity index (χ1) is 9.88. The van der Waals surface area contributed by atoms with Crippen LogP contribution in [0.4, 0.5) is 17.5 Å². The molecule has 1 aromatic carbocycles. The van der Waals surface area contributed by atoms with Gasteiger partial charge in [0.15, 0.2) is 0 Å². The number of rotatable bonds is 5. The molecule has 0 aliphatic carbocycles. The molecule has 0 amide bonds. The Morgan fingerprint density at radius 1 is 1.30 bits per heavy atom. The first-order valence-corrected chi connectivity index (χ1v) is 6.80. The summed E-state index contributed by atoms with van der Waals surface area (Å²) < 4.78 is 5.02. The lowest BCUT2D eigenvalue weighted by atomic mass is 10.2. The van der Waals surface area contributed by atoms with Gasteiger partial charge in [-0.3, -0.25) is 0 Å². The quantitative estimate of drug-likeness (QED) is 0.844. The van der Waals surface area contributed by atoms with E-state index >= 15 is 0 Å². The second-order valence-electron chi connectivity index (χ2n) is 4.69. The van der Waals surface area contributed by atoms with Crippen LogP contribution in [0, 0.1) is 0 Å². The summed E-state index contributed by atoms with van der Waals surface area (Å²) in [6.07, 6.45) is 2.83. The Kier molecular flexibility index (Phi) is 3.78. The van der Waals surface area contributed by atoms with Crippen LogP contribution in [0.25, 0.3) is 0 Å². The van der Waals surface area contributed by atoms with E-state index in [4.69, 9.17) is 4.74 Å². The van der Waals surface area contributed by atoms with Crippen LogP contribution in [0.15, 0.2) is 36.5 Å². The zero-order valence-electron chi connectivity index (χ0n) is 11.5. The van der Waals surface area contributed by atoms with E-state index in [0.717, 1.165) is 31.3 Å². The molecule has 0 radical (unpaired) electrons. The number of anilines is 3. The van der Waals surface area contributed by atoms with E-state index in [1.54, 1.807) is 13.3 Å². The van der Waals surface area contributed by atoms with E-state index in [0.29, 0.717) is 6.61 Å². The molecule has 0 saturated heterocycles. The van der Waals surface area contributed by atoms with Crippen molar-refractivity contribution in [2.24, 2.45) is 0 Å². The number of aromatic nitrogens is 2. The second-order valence-corrected chi connectivity index (χ2v) is 4.69. The van der Waals surface area contributed by atoms with Gasteiger partial charge in [-0.2, -0.15) is 4.98 Å². The van der Waals surface area contributed by atoms with Gasteiger partial charge >= 0.3 is 0 Å². The number of fused-ring (bicyclic) bond motifs is 1. The Morgan fingerprint density at radius 3 is 3.10 bits per heavy atom. The maximum Gasteiger partial charge on any atom is 0.231 e. The zero-order chi connectivity index (χ0) is 13.8. The Morgan fingerprint density at radius 2 is 2.20 bits per heavy atom. The van der Waals surface area contributed by atoms with Crippen LogP contribution in [0.1, 0.15) is 5.56 Å². The van der Waals surface area contributed by atoms with Crippen molar-refractivity contribution in [2.75, 3.05) is 37.0 Å². The molecule has 5 heteroatoms. The molecule has 0 bridgehead atoms. The van der Waals surface area contributed by atoms with Gasteiger partial charge in [0.2, 0.25) is 5.95 Å². The molecule has 1 aromatic heterocycles. The molecule has 1 N–H and O–H groups in total. The Labute approximate surface area is 118 Å². The lowest BCUT2D eigenvalue weighted by Crippen LogP contribution is -2.17. The van der Waals surface area contributed by atoms with Gasteiger partial charge in [0.05, 0.1) is 6.61 Å². The molecule has 104 valence electrons. The van der Waals surface area contributed by atoms with Crippen LogP contribution in [0.3, 0.4) is 0 Å². The van der Waals surface area contributed by atoms with Crippen molar-refractivity contribution in [1.29, 1.82) is 0 Å². The van der Waals surface area contributed by atoms with Gasteiger partial charge in [-0.15, -0.1) is 0 Å². The highest BCUT2D eigenvalue weighted by molar-refractivity contribution is 5.66. The molecule has 0 atom stereocenters. The van der Waals surface area contributed by atoms with E-state index < -0.39 is 0 Å². The lowest BCUT2D eigenvalue weighted by Gasteiger charge is -2.17. The van der Waals surface area contributed by atoms with Crippen LogP contribution in [-0.2, 0) is 11.2 Å². The van der Waals surface area contributed by atoms with Crippen molar-refractivity contribution >= 4 is 17.5 Å². The predicted octanol–water partition coefficient (Wildman–Crippen LogP) is 2.23. The monoisotopic (exact) mass is 270 g/mol. The molecule has 5 nitrogen and oxygen atoms in total. The molecule has 2 aromatic rings. The van der Waals surface area contributed by atoms with Crippen LogP contribution in [0.2, 0.25) is 0 Å². The lowest BCUT2D eigenvalue weighted by molar-refractivity contribution is 0.210. The van der Waals surface area contributed by atoms with Crippen molar-refractivity contribution in [2.45, 2.75) is 6.42 Å². The molecule has 2 heterocycles. The van der Waals surface area contributed by atoms with Crippen molar-refractivity contribution in [3.05, 3.63) is 42.1 Å². The van der Waals surface area contributed by atoms with Crippen molar-refractivity contribution in [3.8, 4) is 0 Å². The molecule has 1 aliphatic heterocycles. The summed E-state index contributed by atoms with van der Waals surface area (Å²) >= 11 is 0. The van der Waals surface area contributed by atoms with Gasteiger partial charge in [-0.05, 0) is 24.1 Å². The smallest absolute Gasteiger partial charge is 0.231 e. The topological polar surface area (TPSA) is 50.3 Å². The highest BCUT2D eigenvalue weighted by atomic mass is 16.5. The first-order valence-electron chi connectivity index (χ1n) is 6.80. The van der Waals surface area contributed by atoms with E-state index in [9.17, 15) is 0 Å². The number of methoxy groups -OCH3 is 1. The Hall–Kier alpha value is -2.14. The van der Waals surface area contributed by atoms with Gasteiger partial charge in [0.25, 0.3) is 0 Å². The minimum Gasteiger partial charge on any atom is -0.383 e. The normalized spacial score (nSPS) is 13.3. The summed E-state index contributed by atoms with van der Waals surface area (Å²) in [6.45, 7) is 2.33. The number of nitrogens with one attached hydrogen (secondary N) is 1. The zero-order valence-corrected chi connectivity index (χ0v) is 11.5. The van der Waals surface area contributed by atoms with E-state index in [1.807, 2.05) is 6.07 Å². The van der Waals surface area contributed by atoms with Crippen molar-refractivity contribution in [3.63, 3.8) is 0 Å². The van der Waals surface area contributed by atoms with E-state index in [1.165, 1.54) is 11.3 Å². The molecule has 0 fully saturated rings. The average Bonchev–Trinajstić information content (AvgIpc) is 2.92. The predicted molar refractivity (Wildman–Crippen MR) is 79.5 cm³/mol. The third kappa shape index (κ3) is 2.58. The van der Waals surface area contributed by atoms with Gasteiger partial charge in [-0.1, -0.05) is 18.2 Å². The van der Waals surface area contributed by atoms with Crippen LogP contribution in [0.5, 0.6) is 0 Å². The average molecular weight is 270 g/mol. The minimum atomic E-state index is 0.659. The number of benzene rings is 1. The standard InChI is InChI=1S/C15H18N4O/c1-20-11-9-16-14-6-8-17-15(18-14)19-10-7-12-4-2-3-5-13(12)19/h2-6,8H,7,9-11H2,1H3,(H,16,17,18). The van der Waals surface area contributed by atoms with Crippen LogP contribution >= 0.6 is 0 Å². The summed E-state index contributed by atoms with van der Waals surface area (Å²) in [5.41, 5.74) is 2.57. The van der Waals surface area contributed by atoms with Crippen molar-refractivity contribution in [1.82, 2.24) is 9.97 Å². The van der Waals surface area contributed by atoms with E-state index in [2.05, 4.69) is 44.5 Å². The third-order valence-corrected chi connectivity index (χ3v) is 3.38. The van der Waals surface area contributed by atoms with Gasteiger partial charge in [-0.25, -0.2) is 4.98 Å². The number of nitrogens with zero attached hydrogens (tertiary/aromatic N) is 3. The molecular weight excluding hydrogens is 252 g/mol. The highest BCUT2D eigenvalue weighted by Crippen LogP contribution is 2.32. The Bertz CT molecular complexity index is 588. The summed E-state index contributed by atoms with van der Waals surface area (Å²) in [4.78, 5) is 11.1. The molecule has 0 spiro atoms. The second kappa shape index (κ2) is 5.88. The summed E-state index contributed by atoms with van der Waals surface area (Å²) in [7, 11) is 1.69. The summed E-state index contributed by atoms with van der Waals surface area (Å²) in [6, 6.07) is 10.3. The highest BCUT2D eigenvalue weighted by Gasteiger charge is 2.21. The number of hydrogen-bond acceptors (Lipinski definition) is 5. The fourth-order valence-electron chi connectivity index (χ4n) is 2.40. The minimum absolute atomic E-state index is 0.659. The van der Waals surface area contributed by atoms with Crippen molar-refractivity contribution < 1.29 is 4.74 Å². The fourth-order valence-corrected chi connectivity index (χ4v) is 2.40. The largest absolute Gasteiger partial charge is 0.383 e. The molecule has 0 unspecified atom stereocenters. The maximum atomic E-state index is 5.02. The number of ether oxygens (including phenoxy) is 1. The van der Waals surface area contributed by atoms with Crippen LogP contribution < -0.4 is 10.2 Å².